The van der Waals surface area contributed by atoms with Crippen molar-refractivity contribution in [3.8, 4) is 6.07 Å². The number of para-hydroxylation sites is 1. The summed E-state index contributed by atoms with van der Waals surface area (Å²) in [5.41, 5.74) is 0.583. The van der Waals surface area contributed by atoms with Crippen LogP contribution in [-0.4, -0.2) is 19.9 Å². The number of carbonyl (C=O) groups is 1. The van der Waals surface area contributed by atoms with E-state index in [0.29, 0.717) is 11.3 Å². The quantitative estimate of drug-likeness (QED) is 0.728. The summed E-state index contributed by atoms with van der Waals surface area (Å²) in [6, 6.07) is 9.21. The number of fused-ring (bicyclic) bond motifs is 1. The van der Waals surface area contributed by atoms with Crippen LogP contribution in [0.1, 0.15) is 40.5 Å². The van der Waals surface area contributed by atoms with Gasteiger partial charge in [0.15, 0.2) is 5.78 Å². The molecular weight excluding hydrogens is 332 g/mol. The highest BCUT2D eigenvalue weighted by Crippen LogP contribution is 2.33. The van der Waals surface area contributed by atoms with Crippen LogP contribution in [0.25, 0.3) is 10.9 Å². The minimum absolute atomic E-state index is 0.00590. The molecule has 1 aliphatic rings. The van der Waals surface area contributed by atoms with Gasteiger partial charge < -0.3 is 4.98 Å². The number of benzene rings is 1. The third-order valence-corrected chi connectivity index (χ3v) is 4.73. The molecule has 1 aliphatic carbocycles. The Hall–Kier alpha value is -3.40. The molecule has 130 valence electrons. The second-order valence-electron chi connectivity index (χ2n) is 6.56. The Kier molecular flexibility index (Phi) is 3.62. The summed E-state index contributed by atoms with van der Waals surface area (Å²) in [7, 11) is 0. The van der Waals surface area contributed by atoms with Crippen molar-refractivity contribution in [1.29, 1.82) is 5.26 Å². The summed E-state index contributed by atoms with van der Waals surface area (Å²) in [4.78, 5) is 41.1. The number of Topliss-reactive ketones (excluding diaryl/α,β-unsaturated/α-hetero) is 1. The van der Waals surface area contributed by atoms with Crippen molar-refractivity contribution in [2.24, 2.45) is 0 Å². The number of aryl methyl sites for hydroxylation is 1. The number of aromatic nitrogens is 3. The minimum Gasteiger partial charge on any atom is -0.358 e. The van der Waals surface area contributed by atoms with Crippen LogP contribution in [0.15, 0.2) is 40.1 Å². The van der Waals surface area contributed by atoms with Gasteiger partial charge in [-0.15, -0.1) is 0 Å². The van der Waals surface area contributed by atoms with E-state index in [1.807, 2.05) is 30.3 Å². The van der Waals surface area contributed by atoms with Crippen LogP contribution in [0.2, 0.25) is 0 Å². The Bertz CT molecular complexity index is 1200. The maximum atomic E-state index is 12.9. The fourth-order valence-electron chi connectivity index (χ4n) is 3.31. The highest BCUT2D eigenvalue weighted by atomic mass is 16.2. The topological polar surface area (TPSA) is 101 Å². The standard InChI is InChI=1S/C19H16N4O3/c1-11-17(14-4-2-3-5-15(14)21-11)16(24)10-23-18(25)12(8-20)9-22(19(23)26)13-6-7-13/h2-5,9,13,21H,6-7,10H2,1H3. The molecule has 1 fully saturated rings. The summed E-state index contributed by atoms with van der Waals surface area (Å²) in [5, 5.41) is 9.95. The van der Waals surface area contributed by atoms with Crippen molar-refractivity contribution in [3.05, 3.63) is 68.1 Å². The lowest BCUT2D eigenvalue weighted by Crippen LogP contribution is -2.42. The molecule has 1 N–H and O–H groups in total. The number of nitriles is 1. The monoisotopic (exact) mass is 348 g/mol. The molecule has 0 spiro atoms. The molecule has 0 aliphatic heterocycles. The Labute approximate surface area is 148 Å². The predicted molar refractivity (Wildman–Crippen MR) is 95.3 cm³/mol. The van der Waals surface area contributed by atoms with Gasteiger partial charge in [-0.1, -0.05) is 18.2 Å². The molecule has 4 rings (SSSR count). The number of hydrogen-bond donors (Lipinski definition) is 1. The van der Waals surface area contributed by atoms with Crippen LogP contribution in [0.4, 0.5) is 0 Å². The molecule has 0 unspecified atom stereocenters. The Morgan fingerprint density at radius 1 is 1.31 bits per heavy atom. The van der Waals surface area contributed by atoms with E-state index in [0.717, 1.165) is 28.3 Å². The third-order valence-electron chi connectivity index (χ3n) is 4.73. The number of nitrogens with zero attached hydrogens (tertiary/aromatic N) is 3. The van der Waals surface area contributed by atoms with Crippen LogP contribution < -0.4 is 11.2 Å². The molecular formula is C19H16N4O3. The molecule has 1 saturated carbocycles. The van der Waals surface area contributed by atoms with Crippen molar-refractivity contribution in [3.63, 3.8) is 0 Å². The number of aromatic amines is 1. The van der Waals surface area contributed by atoms with Crippen molar-refractivity contribution in [2.75, 3.05) is 0 Å². The molecule has 2 heterocycles. The number of hydrogen-bond acceptors (Lipinski definition) is 4. The van der Waals surface area contributed by atoms with Gasteiger partial charge in [-0.05, 0) is 25.8 Å². The first kappa shape index (κ1) is 16.1. The van der Waals surface area contributed by atoms with Crippen LogP contribution >= 0.6 is 0 Å². The van der Waals surface area contributed by atoms with Crippen LogP contribution in [-0.2, 0) is 6.54 Å². The summed E-state index contributed by atoms with van der Waals surface area (Å²) >= 11 is 0. The molecule has 0 saturated heterocycles. The fourth-order valence-corrected chi connectivity index (χ4v) is 3.31. The first-order valence-electron chi connectivity index (χ1n) is 8.38. The first-order valence-corrected chi connectivity index (χ1v) is 8.38. The molecule has 0 bridgehead atoms. The largest absolute Gasteiger partial charge is 0.358 e. The number of H-pyrrole nitrogens is 1. The van der Waals surface area contributed by atoms with E-state index in [2.05, 4.69) is 4.98 Å². The Morgan fingerprint density at radius 3 is 2.73 bits per heavy atom. The Balaban J connectivity index is 1.82. The third kappa shape index (κ3) is 2.47. The normalized spacial score (nSPS) is 13.7. The van der Waals surface area contributed by atoms with Gasteiger partial charge in [-0.2, -0.15) is 5.26 Å². The van der Waals surface area contributed by atoms with E-state index in [1.54, 1.807) is 6.92 Å². The highest BCUT2D eigenvalue weighted by molar-refractivity contribution is 6.09. The lowest BCUT2D eigenvalue weighted by Gasteiger charge is -2.10. The average Bonchev–Trinajstić information content (AvgIpc) is 3.40. The first-order chi connectivity index (χ1) is 12.5. The number of carbonyl (C=O) groups excluding carboxylic acids is 1. The van der Waals surface area contributed by atoms with E-state index < -0.39 is 11.2 Å². The molecule has 1 aromatic carbocycles. The van der Waals surface area contributed by atoms with Gasteiger partial charge in [0.05, 0.1) is 6.54 Å². The molecule has 0 amide bonds. The molecule has 26 heavy (non-hydrogen) atoms. The van der Waals surface area contributed by atoms with Gasteiger partial charge in [-0.25, -0.2) is 4.79 Å². The van der Waals surface area contributed by atoms with Crippen LogP contribution in [0, 0.1) is 18.3 Å². The molecule has 7 nitrogen and oxygen atoms in total. The van der Waals surface area contributed by atoms with Gasteiger partial charge in [0.1, 0.15) is 11.6 Å². The van der Waals surface area contributed by atoms with Crippen LogP contribution in [0.5, 0.6) is 0 Å². The van der Waals surface area contributed by atoms with Gasteiger partial charge >= 0.3 is 5.69 Å². The molecule has 0 atom stereocenters. The van der Waals surface area contributed by atoms with Crippen LogP contribution in [0.3, 0.4) is 0 Å². The molecule has 3 aromatic rings. The van der Waals surface area contributed by atoms with Gasteiger partial charge in [0.2, 0.25) is 0 Å². The summed E-state index contributed by atoms with van der Waals surface area (Å²) in [6.45, 7) is 1.40. The van der Waals surface area contributed by atoms with Crippen molar-refractivity contribution >= 4 is 16.7 Å². The fraction of sp³-hybridized carbons (Fsp3) is 0.263. The number of ketones is 1. The summed E-state index contributed by atoms with van der Waals surface area (Å²) in [6.07, 6.45) is 2.97. The zero-order chi connectivity index (χ0) is 18.4. The average molecular weight is 348 g/mol. The van der Waals surface area contributed by atoms with Crippen molar-refractivity contribution in [2.45, 2.75) is 32.4 Å². The predicted octanol–water partition coefficient (Wildman–Crippen LogP) is 1.89. The van der Waals surface area contributed by atoms with Crippen molar-refractivity contribution in [1.82, 2.24) is 14.1 Å². The molecule has 2 aromatic heterocycles. The van der Waals surface area contributed by atoms with Gasteiger partial charge in [0.25, 0.3) is 5.56 Å². The number of rotatable bonds is 4. The van der Waals surface area contributed by atoms with E-state index in [4.69, 9.17) is 0 Å². The zero-order valence-corrected chi connectivity index (χ0v) is 14.2. The zero-order valence-electron chi connectivity index (χ0n) is 14.2. The molecule has 0 radical (unpaired) electrons. The van der Waals surface area contributed by atoms with Crippen molar-refractivity contribution < 1.29 is 4.79 Å². The second-order valence-corrected chi connectivity index (χ2v) is 6.56. The van der Waals surface area contributed by atoms with E-state index in [9.17, 15) is 19.6 Å². The Morgan fingerprint density at radius 2 is 2.04 bits per heavy atom. The highest BCUT2D eigenvalue weighted by Gasteiger charge is 2.27. The van der Waals surface area contributed by atoms with E-state index in [1.165, 1.54) is 10.8 Å². The van der Waals surface area contributed by atoms with Gasteiger partial charge in [0, 0.05) is 34.4 Å². The minimum atomic E-state index is -0.722. The van der Waals surface area contributed by atoms with Gasteiger partial charge in [-0.3, -0.25) is 18.7 Å². The lowest BCUT2D eigenvalue weighted by molar-refractivity contribution is 0.0969. The summed E-state index contributed by atoms with van der Waals surface area (Å²) < 4.78 is 2.27. The maximum Gasteiger partial charge on any atom is 0.331 e. The second kappa shape index (κ2) is 5.85. The lowest BCUT2D eigenvalue weighted by atomic mass is 10.1. The SMILES string of the molecule is Cc1[nH]c2ccccc2c1C(=O)Cn1c(=O)c(C#N)cn(C2CC2)c1=O. The molecule has 7 heteroatoms. The smallest absolute Gasteiger partial charge is 0.331 e. The maximum absolute atomic E-state index is 12.9. The van der Waals surface area contributed by atoms with E-state index >= 15 is 0 Å². The summed E-state index contributed by atoms with van der Waals surface area (Å²) in [5.74, 6) is -0.336. The van der Waals surface area contributed by atoms with E-state index in [-0.39, 0.29) is 23.9 Å². The number of nitrogens with one attached hydrogen (secondary N) is 1.